The van der Waals surface area contributed by atoms with Crippen molar-refractivity contribution in [2.24, 2.45) is 7.05 Å². The van der Waals surface area contributed by atoms with Gasteiger partial charge in [-0.1, -0.05) is 0 Å². The number of aromatic nitrogens is 4. The topological polar surface area (TPSA) is 106 Å². The van der Waals surface area contributed by atoms with Crippen molar-refractivity contribution in [3.05, 3.63) is 36.4 Å². The number of hydrogen-bond acceptors (Lipinski definition) is 8. The summed E-state index contributed by atoms with van der Waals surface area (Å²) in [5.74, 6) is 1.09. The summed E-state index contributed by atoms with van der Waals surface area (Å²) in [5, 5.41) is 12.1. The second-order valence-electron chi connectivity index (χ2n) is 9.73. The summed E-state index contributed by atoms with van der Waals surface area (Å²) in [6, 6.07) is 4.98. The highest BCUT2D eigenvalue weighted by Gasteiger charge is 2.30. The third-order valence-corrected chi connectivity index (χ3v) is 6.86. The Morgan fingerprint density at radius 3 is 2.71 bits per heavy atom. The Balaban J connectivity index is 1.17. The van der Waals surface area contributed by atoms with E-state index in [0.29, 0.717) is 36.7 Å². The van der Waals surface area contributed by atoms with Crippen LogP contribution in [0.1, 0.15) is 42.6 Å². The van der Waals surface area contributed by atoms with Gasteiger partial charge in [-0.15, -0.1) is 0 Å². The molecule has 2 N–H and O–H groups in total. The van der Waals surface area contributed by atoms with E-state index in [2.05, 4.69) is 30.6 Å². The second kappa shape index (κ2) is 9.43. The first-order chi connectivity index (χ1) is 17.1. The van der Waals surface area contributed by atoms with Crippen LogP contribution in [0.4, 0.5) is 11.5 Å². The van der Waals surface area contributed by atoms with Crippen LogP contribution in [0.2, 0.25) is 0 Å². The minimum atomic E-state index is -0.321. The Bertz CT molecular complexity index is 1200. The minimum absolute atomic E-state index is 0.0401. The molecule has 6 rings (SSSR count). The first kappa shape index (κ1) is 22.2. The van der Waals surface area contributed by atoms with Crippen LogP contribution in [0, 0.1) is 0 Å². The van der Waals surface area contributed by atoms with Crippen molar-refractivity contribution in [2.75, 3.05) is 36.5 Å². The van der Waals surface area contributed by atoms with Crippen LogP contribution in [0.15, 0.2) is 30.7 Å². The maximum atomic E-state index is 13.1. The fourth-order valence-electron chi connectivity index (χ4n) is 4.82. The van der Waals surface area contributed by atoms with Gasteiger partial charge in [-0.3, -0.25) is 9.48 Å². The number of rotatable bonds is 7. The lowest BCUT2D eigenvalue weighted by Crippen LogP contribution is -2.34. The van der Waals surface area contributed by atoms with Crippen LogP contribution in [0.25, 0.3) is 10.9 Å². The Kier molecular flexibility index (Phi) is 5.99. The van der Waals surface area contributed by atoms with Gasteiger partial charge in [0.1, 0.15) is 23.4 Å². The summed E-state index contributed by atoms with van der Waals surface area (Å²) < 4.78 is 13.5. The zero-order valence-electron chi connectivity index (χ0n) is 19.9. The Morgan fingerprint density at radius 2 is 1.94 bits per heavy atom. The van der Waals surface area contributed by atoms with E-state index >= 15 is 0 Å². The van der Waals surface area contributed by atoms with Crippen molar-refractivity contribution in [1.82, 2.24) is 25.1 Å². The molecule has 35 heavy (non-hydrogen) atoms. The molecule has 0 bridgehead atoms. The van der Waals surface area contributed by atoms with Gasteiger partial charge in [0.05, 0.1) is 36.8 Å². The molecule has 10 heteroatoms. The molecule has 1 aromatic carbocycles. The summed E-state index contributed by atoms with van der Waals surface area (Å²) in [4.78, 5) is 24.3. The summed E-state index contributed by atoms with van der Waals surface area (Å²) in [5.41, 5.74) is 1.68. The largest absolute Gasteiger partial charge is 0.488 e. The molecule has 2 aromatic heterocycles. The Labute approximate surface area is 204 Å². The molecular formula is C25H31N7O3. The number of carbonyl (C=O) groups is 1. The average molecular weight is 478 g/mol. The molecule has 1 saturated carbocycles. The lowest BCUT2D eigenvalue weighted by atomic mass is 10.1. The number of fused-ring (bicyclic) bond motifs is 1. The minimum Gasteiger partial charge on any atom is -0.488 e. The molecule has 1 aliphatic carbocycles. The lowest BCUT2D eigenvalue weighted by Gasteiger charge is -2.24. The predicted octanol–water partition coefficient (Wildman–Crippen LogP) is 2.50. The molecule has 1 unspecified atom stereocenters. The zero-order valence-corrected chi connectivity index (χ0v) is 19.9. The van der Waals surface area contributed by atoms with Gasteiger partial charge in [-0.25, -0.2) is 9.97 Å². The van der Waals surface area contributed by atoms with Crippen molar-refractivity contribution in [2.45, 2.75) is 50.3 Å². The summed E-state index contributed by atoms with van der Waals surface area (Å²) >= 11 is 0. The summed E-state index contributed by atoms with van der Waals surface area (Å²) in [6.07, 6.45) is 10.5. The van der Waals surface area contributed by atoms with Gasteiger partial charge in [0, 0.05) is 62.7 Å². The molecule has 10 nitrogen and oxygen atoms in total. The number of amides is 1. The average Bonchev–Trinajstić information content (AvgIpc) is 3.43. The van der Waals surface area contributed by atoms with Gasteiger partial charge in [-0.2, -0.15) is 5.10 Å². The fourth-order valence-corrected chi connectivity index (χ4v) is 4.82. The van der Waals surface area contributed by atoms with Crippen LogP contribution in [0.3, 0.4) is 0 Å². The van der Waals surface area contributed by atoms with E-state index in [1.54, 1.807) is 17.1 Å². The first-order valence-electron chi connectivity index (χ1n) is 12.5. The lowest BCUT2D eigenvalue weighted by molar-refractivity contribution is 0.0258. The third kappa shape index (κ3) is 5.08. The maximum Gasteiger partial charge on any atom is 0.275 e. The molecule has 4 heterocycles. The number of aryl methyl sites for hydroxylation is 1. The van der Waals surface area contributed by atoms with E-state index in [-0.39, 0.29) is 17.7 Å². The SMILES string of the molecule is Cn1cc2cc(NC(=O)c3cnc(N4CCC(NC5CC5)C4)cn3)c(OC3CCOCC3)cc2n1. The smallest absolute Gasteiger partial charge is 0.275 e. The van der Waals surface area contributed by atoms with Crippen molar-refractivity contribution >= 4 is 28.3 Å². The van der Waals surface area contributed by atoms with Gasteiger partial charge in [-0.05, 0) is 25.3 Å². The molecule has 2 saturated heterocycles. The highest BCUT2D eigenvalue weighted by Crippen LogP contribution is 2.32. The number of hydrogen-bond donors (Lipinski definition) is 2. The van der Waals surface area contributed by atoms with Crippen molar-refractivity contribution < 1.29 is 14.3 Å². The molecule has 3 aromatic rings. The maximum absolute atomic E-state index is 13.1. The van der Waals surface area contributed by atoms with Crippen LogP contribution in [0.5, 0.6) is 5.75 Å². The van der Waals surface area contributed by atoms with Crippen LogP contribution < -0.4 is 20.3 Å². The molecule has 1 atom stereocenters. The third-order valence-electron chi connectivity index (χ3n) is 6.86. The molecule has 2 aliphatic heterocycles. The molecular weight excluding hydrogens is 446 g/mol. The molecule has 0 spiro atoms. The molecule has 184 valence electrons. The van der Waals surface area contributed by atoms with Gasteiger partial charge in [0.25, 0.3) is 5.91 Å². The van der Waals surface area contributed by atoms with Crippen LogP contribution >= 0.6 is 0 Å². The van der Waals surface area contributed by atoms with Crippen molar-refractivity contribution in [3.8, 4) is 5.75 Å². The van der Waals surface area contributed by atoms with Gasteiger partial charge in [0.2, 0.25) is 0 Å². The molecule has 3 aliphatic rings. The van der Waals surface area contributed by atoms with E-state index < -0.39 is 0 Å². The predicted molar refractivity (Wildman–Crippen MR) is 132 cm³/mol. The number of nitrogens with one attached hydrogen (secondary N) is 2. The first-order valence-corrected chi connectivity index (χ1v) is 12.5. The normalized spacial score (nSPS) is 20.9. The number of benzene rings is 1. The van der Waals surface area contributed by atoms with E-state index in [0.717, 1.165) is 49.1 Å². The van der Waals surface area contributed by atoms with Crippen molar-refractivity contribution in [3.63, 3.8) is 0 Å². The molecule has 3 fully saturated rings. The monoisotopic (exact) mass is 477 g/mol. The number of ether oxygens (including phenoxy) is 2. The van der Waals surface area contributed by atoms with Crippen molar-refractivity contribution in [1.29, 1.82) is 0 Å². The van der Waals surface area contributed by atoms with E-state index in [1.807, 2.05) is 25.4 Å². The highest BCUT2D eigenvalue weighted by atomic mass is 16.5. The van der Waals surface area contributed by atoms with Crippen LogP contribution in [-0.2, 0) is 11.8 Å². The summed E-state index contributed by atoms with van der Waals surface area (Å²) in [7, 11) is 1.87. The molecule has 0 radical (unpaired) electrons. The number of anilines is 2. The summed E-state index contributed by atoms with van der Waals surface area (Å²) in [6.45, 7) is 3.22. The Morgan fingerprint density at radius 1 is 1.09 bits per heavy atom. The number of nitrogens with zero attached hydrogens (tertiary/aromatic N) is 5. The van der Waals surface area contributed by atoms with Gasteiger partial charge in [0.15, 0.2) is 0 Å². The van der Waals surface area contributed by atoms with E-state index in [4.69, 9.17) is 9.47 Å². The van der Waals surface area contributed by atoms with E-state index in [1.165, 1.54) is 12.8 Å². The van der Waals surface area contributed by atoms with Gasteiger partial charge < -0.3 is 25.0 Å². The molecule has 1 amide bonds. The quantitative estimate of drug-likeness (QED) is 0.535. The second-order valence-corrected chi connectivity index (χ2v) is 9.73. The van der Waals surface area contributed by atoms with Gasteiger partial charge >= 0.3 is 0 Å². The zero-order chi connectivity index (χ0) is 23.8. The highest BCUT2D eigenvalue weighted by molar-refractivity contribution is 6.04. The number of carbonyl (C=O) groups excluding carboxylic acids is 1. The standard InChI is InChI=1S/C25H31N7O3/c1-31-14-16-10-21(23(11-20(16)30-31)35-19-5-8-34-9-6-19)29-25(33)22-12-27-24(13-26-22)32-7-4-18(15-32)28-17-2-3-17/h10-14,17-19,28H,2-9,15H2,1H3,(H,29,33). The fraction of sp³-hybridized carbons (Fsp3) is 0.520. The Hall–Kier alpha value is -3.24. The van der Waals surface area contributed by atoms with E-state index in [9.17, 15) is 4.79 Å². The van der Waals surface area contributed by atoms with Crippen LogP contribution in [-0.4, -0.2) is 70.1 Å².